The van der Waals surface area contributed by atoms with Crippen LogP contribution in [0.1, 0.15) is 40.1 Å². The van der Waals surface area contributed by atoms with E-state index in [1.807, 2.05) is 27.8 Å². The Kier molecular flexibility index (Phi) is 3.75. The number of nitrogens with zero attached hydrogens (tertiary/aromatic N) is 4. The van der Waals surface area contributed by atoms with Gasteiger partial charge in [0.1, 0.15) is 0 Å². The maximum atomic E-state index is 11.0. The van der Waals surface area contributed by atoms with Crippen LogP contribution in [0.3, 0.4) is 0 Å². The van der Waals surface area contributed by atoms with Gasteiger partial charge in [0.05, 0.1) is 34.2 Å². The molecule has 2 rings (SSSR count). The molecule has 6 heteroatoms. The molecule has 2 aromatic heterocycles. The number of hydrogen-bond acceptors (Lipinski definition) is 3. The molecule has 2 heterocycles. The monoisotopic (exact) mass is 280 g/mol. The van der Waals surface area contributed by atoms with Crippen molar-refractivity contribution in [1.29, 1.82) is 0 Å². The molecule has 0 N–H and O–H groups in total. The second-order valence-electron chi connectivity index (χ2n) is 4.54. The van der Waals surface area contributed by atoms with Crippen molar-refractivity contribution >= 4 is 17.9 Å². The molecule has 19 heavy (non-hydrogen) atoms. The number of aryl methyl sites for hydroxylation is 3. The highest BCUT2D eigenvalue weighted by Crippen LogP contribution is 2.22. The Hall–Kier alpha value is -1.62. The van der Waals surface area contributed by atoms with Crippen LogP contribution in [0.5, 0.6) is 0 Å². The minimum Gasteiger partial charge on any atom is -0.298 e. The van der Waals surface area contributed by atoms with E-state index < -0.39 is 0 Å². The summed E-state index contributed by atoms with van der Waals surface area (Å²) < 4.78 is 3.57. The summed E-state index contributed by atoms with van der Waals surface area (Å²) in [7, 11) is 1.87. The Morgan fingerprint density at radius 1 is 1.32 bits per heavy atom. The molecule has 102 valence electrons. The summed E-state index contributed by atoms with van der Waals surface area (Å²) in [4.78, 5) is 11.0. The van der Waals surface area contributed by atoms with Gasteiger partial charge in [0.2, 0.25) is 0 Å². The van der Waals surface area contributed by atoms with Crippen molar-refractivity contribution in [3.63, 3.8) is 0 Å². The number of halogens is 1. The van der Waals surface area contributed by atoms with Crippen molar-refractivity contribution < 1.29 is 4.79 Å². The highest BCUT2D eigenvalue weighted by Gasteiger charge is 2.16. The van der Waals surface area contributed by atoms with Crippen molar-refractivity contribution in [3.05, 3.63) is 33.4 Å². The van der Waals surface area contributed by atoms with Gasteiger partial charge in [0, 0.05) is 12.7 Å². The predicted molar refractivity (Wildman–Crippen MR) is 73.8 cm³/mol. The second kappa shape index (κ2) is 5.17. The molecule has 0 fully saturated rings. The number of aromatic nitrogens is 4. The molecule has 0 unspecified atom stereocenters. The van der Waals surface area contributed by atoms with E-state index in [1.165, 1.54) is 0 Å². The quantitative estimate of drug-likeness (QED) is 0.808. The van der Waals surface area contributed by atoms with Crippen LogP contribution < -0.4 is 0 Å². The van der Waals surface area contributed by atoms with Gasteiger partial charge >= 0.3 is 0 Å². The van der Waals surface area contributed by atoms with Crippen LogP contribution in [-0.4, -0.2) is 25.8 Å². The molecule has 0 amide bonds. The Labute approximate surface area is 117 Å². The minimum absolute atomic E-state index is 0.517. The normalized spacial score (nSPS) is 11.0. The fourth-order valence-electron chi connectivity index (χ4n) is 2.17. The van der Waals surface area contributed by atoms with Gasteiger partial charge in [-0.15, -0.1) is 0 Å². The van der Waals surface area contributed by atoms with Gasteiger partial charge in [-0.25, -0.2) is 0 Å². The van der Waals surface area contributed by atoms with E-state index in [0.717, 1.165) is 35.5 Å². The fraction of sp³-hybridized carbons (Fsp3) is 0.462. The number of rotatable bonds is 4. The molecule has 0 bridgehead atoms. The molecule has 0 radical (unpaired) electrons. The molecular formula is C13H17ClN4O. The Bertz CT molecular complexity index is 627. The highest BCUT2D eigenvalue weighted by molar-refractivity contribution is 6.31. The summed E-state index contributed by atoms with van der Waals surface area (Å²) in [6.45, 7) is 6.25. The smallest absolute Gasteiger partial charge is 0.153 e. The molecule has 5 nitrogen and oxygen atoms in total. The van der Waals surface area contributed by atoms with Crippen LogP contribution in [0.25, 0.3) is 0 Å². The van der Waals surface area contributed by atoms with E-state index in [-0.39, 0.29) is 0 Å². The van der Waals surface area contributed by atoms with Crippen LogP contribution >= 0.6 is 11.6 Å². The van der Waals surface area contributed by atoms with Crippen molar-refractivity contribution in [2.45, 2.75) is 33.7 Å². The second-order valence-corrected chi connectivity index (χ2v) is 4.92. The average molecular weight is 281 g/mol. The molecule has 0 saturated carbocycles. The lowest BCUT2D eigenvalue weighted by Crippen LogP contribution is -2.09. The van der Waals surface area contributed by atoms with E-state index in [1.54, 1.807) is 9.36 Å². The number of carbonyl (C=O) groups excluding carboxylic acids is 1. The Morgan fingerprint density at radius 3 is 2.47 bits per heavy atom. The van der Waals surface area contributed by atoms with E-state index >= 15 is 0 Å². The summed E-state index contributed by atoms with van der Waals surface area (Å²) in [5.74, 6) is 0. The number of aldehydes is 1. The summed E-state index contributed by atoms with van der Waals surface area (Å²) in [5, 5.41) is 9.44. The molecule has 0 aliphatic heterocycles. The number of carbonyl (C=O) groups is 1. The number of hydrogen-bond donors (Lipinski definition) is 0. The first-order valence-corrected chi connectivity index (χ1v) is 6.56. The third-order valence-corrected chi connectivity index (χ3v) is 3.79. The third-order valence-electron chi connectivity index (χ3n) is 3.36. The lowest BCUT2D eigenvalue weighted by atomic mass is 10.2. The van der Waals surface area contributed by atoms with E-state index in [4.69, 9.17) is 11.6 Å². The highest BCUT2D eigenvalue weighted by atomic mass is 35.5. The standard InChI is InChI=1S/C13H17ClN4O/c1-5-11-13(14)12(17(4)16-11)6-18-9(3)10(7-19)8(2)15-18/h7H,5-6H2,1-4H3. The maximum absolute atomic E-state index is 11.0. The van der Waals surface area contributed by atoms with Crippen LogP contribution in [0.4, 0.5) is 0 Å². The van der Waals surface area contributed by atoms with Crippen molar-refractivity contribution in [3.8, 4) is 0 Å². The zero-order valence-corrected chi connectivity index (χ0v) is 12.3. The van der Waals surface area contributed by atoms with Gasteiger partial charge in [-0.1, -0.05) is 18.5 Å². The summed E-state index contributed by atoms with van der Waals surface area (Å²) in [6, 6.07) is 0. The molecule has 0 aliphatic carbocycles. The van der Waals surface area contributed by atoms with Gasteiger partial charge in [-0.2, -0.15) is 10.2 Å². The topological polar surface area (TPSA) is 52.7 Å². The molecule has 0 aromatic carbocycles. The van der Waals surface area contributed by atoms with E-state index in [0.29, 0.717) is 17.1 Å². The molecule has 0 spiro atoms. The predicted octanol–water partition coefficient (Wildman–Crippen LogP) is 2.31. The first-order chi connectivity index (χ1) is 8.99. The van der Waals surface area contributed by atoms with Gasteiger partial charge in [0.25, 0.3) is 0 Å². The molecular weight excluding hydrogens is 264 g/mol. The van der Waals surface area contributed by atoms with Crippen LogP contribution in [0, 0.1) is 13.8 Å². The molecule has 0 aliphatic rings. The first kappa shape index (κ1) is 13.8. The van der Waals surface area contributed by atoms with Gasteiger partial charge in [-0.05, 0) is 20.3 Å². The molecule has 2 aromatic rings. The zero-order chi connectivity index (χ0) is 14.2. The minimum atomic E-state index is 0.517. The summed E-state index contributed by atoms with van der Waals surface area (Å²) in [5.41, 5.74) is 4.02. The Morgan fingerprint density at radius 2 is 2.00 bits per heavy atom. The lowest BCUT2D eigenvalue weighted by Gasteiger charge is -2.05. The van der Waals surface area contributed by atoms with Crippen molar-refractivity contribution in [1.82, 2.24) is 19.6 Å². The van der Waals surface area contributed by atoms with Crippen LogP contribution in [0.2, 0.25) is 5.02 Å². The molecule has 0 atom stereocenters. The van der Waals surface area contributed by atoms with E-state index in [9.17, 15) is 4.79 Å². The third kappa shape index (κ3) is 2.30. The average Bonchev–Trinajstić information content (AvgIpc) is 2.80. The first-order valence-electron chi connectivity index (χ1n) is 6.19. The van der Waals surface area contributed by atoms with Gasteiger partial charge in [-0.3, -0.25) is 14.2 Å². The van der Waals surface area contributed by atoms with Crippen LogP contribution in [-0.2, 0) is 20.0 Å². The van der Waals surface area contributed by atoms with Gasteiger partial charge in [0.15, 0.2) is 6.29 Å². The van der Waals surface area contributed by atoms with Gasteiger partial charge < -0.3 is 0 Å². The summed E-state index contributed by atoms with van der Waals surface area (Å²) in [6.07, 6.45) is 1.64. The SMILES string of the molecule is CCc1nn(C)c(Cn2nc(C)c(C=O)c2C)c1Cl. The maximum Gasteiger partial charge on any atom is 0.153 e. The fourth-order valence-corrected chi connectivity index (χ4v) is 2.52. The largest absolute Gasteiger partial charge is 0.298 e. The van der Waals surface area contributed by atoms with Crippen molar-refractivity contribution in [2.24, 2.45) is 7.05 Å². The van der Waals surface area contributed by atoms with Crippen LogP contribution in [0.15, 0.2) is 0 Å². The van der Waals surface area contributed by atoms with E-state index in [2.05, 4.69) is 10.2 Å². The van der Waals surface area contributed by atoms with Crippen molar-refractivity contribution in [2.75, 3.05) is 0 Å². The summed E-state index contributed by atoms with van der Waals surface area (Å²) >= 11 is 6.32. The Balaban J connectivity index is 2.42. The lowest BCUT2D eigenvalue weighted by molar-refractivity contribution is 0.112. The molecule has 0 saturated heterocycles. The zero-order valence-electron chi connectivity index (χ0n) is 11.6.